The molecule has 0 aliphatic heterocycles. The Labute approximate surface area is 158 Å². The molecule has 0 heterocycles. The molecule has 0 saturated carbocycles. The molecule has 0 N–H and O–H groups in total. The molecule has 4 nitrogen and oxygen atoms in total. The lowest BCUT2D eigenvalue weighted by molar-refractivity contribution is 0.0191. The monoisotopic (exact) mass is 358 g/mol. The zero-order valence-corrected chi connectivity index (χ0v) is 17.3. The van der Waals surface area contributed by atoms with Crippen LogP contribution in [-0.4, -0.2) is 29.0 Å². The van der Waals surface area contributed by atoms with Crippen molar-refractivity contribution < 1.29 is 9.53 Å². The van der Waals surface area contributed by atoms with Crippen molar-refractivity contribution in [2.24, 2.45) is 11.0 Å². The van der Waals surface area contributed by atoms with Crippen molar-refractivity contribution in [3.63, 3.8) is 0 Å². The van der Waals surface area contributed by atoms with Crippen molar-refractivity contribution in [1.82, 2.24) is 5.01 Å². The van der Waals surface area contributed by atoms with E-state index in [-0.39, 0.29) is 6.04 Å². The molecule has 0 radical (unpaired) electrons. The van der Waals surface area contributed by atoms with Gasteiger partial charge in [-0.3, -0.25) is 0 Å². The molecule has 1 aromatic rings. The second kappa shape index (κ2) is 9.56. The first-order chi connectivity index (χ1) is 12.0. The maximum atomic E-state index is 12.6. The Kier molecular flexibility index (Phi) is 8.07. The molecule has 1 rings (SSSR count). The molecule has 1 unspecified atom stereocenters. The van der Waals surface area contributed by atoms with Gasteiger partial charge < -0.3 is 4.74 Å². The van der Waals surface area contributed by atoms with Crippen LogP contribution < -0.4 is 0 Å². The van der Waals surface area contributed by atoms with Crippen molar-refractivity contribution >= 4 is 12.3 Å². The van der Waals surface area contributed by atoms with Crippen LogP contribution in [0.2, 0.25) is 0 Å². The highest BCUT2D eigenvalue weighted by Crippen LogP contribution is 2.18. The molecular formula is C22H34N2O2. The quantitative estimate of drug-likeness (QED) is 0.342. The summed E-state index contributed by atoms with van der Waals surface area (Å²) in [7, 11) is 0. The van der Waals surface area contributed by atoms with E-state index >= 15 is 0 Å². The van der Waals surface area contributed by atoms with Crippen molar-refractivity contribution in [2.45, 2.75) is 72.4 Å². The zero-order chi connectivity index (χ0) is 19.9. The molecule has 1 aromatic carbocycles. The molecule has 4 heteroatoms. The second-order valence-corrected chi connectivity index (χ2v) is 8.32. The number of hydrogen-bond donors (Lipinski definition) is 0. The minimum absolute atomic E-state index is 0.212. The fourth-order valence-corrected chi connectivity index (χ4v) is 2.45. The topological polar surface area (TPSA) is 41.9 Å². The van der Waals surface area contributed by atoms with E-state index in [2.05, 4.69) is 51.5 Å². The molecule has 0 fully saturated rings. The van der Waals surface area contributed by atoms with Gasteiger partial charge in [-0.05, 0) is 50.2 Å². The van der Waals surface area contributed by atoms with Gasteiger partial charge in [0, 0.05) is 0 Å². The molecule has 0 saturated heterocycles. The SMILES string of the molecule is C=CC(CC(C)C)N(/N=C/c1ccc(C(C)C)cc1)C(=O)OC(C)(C)C. The van der Waals surface area contributed by atoms with Gasteiger partial charge in [-0.1, -0.05) is 58.0 Å². The molecule has 0 aromatic heterocycles. The van der Waals surface area contributed by atoms with Gasteiger partial charge in [0.05, 0.1) is 12.3 Å². The third kappa shape index (κ3) is 7.42. The first kappa shape index (κ1) is 21.9. The van der Waals surface area contributed by atoms with Crippen LogP contribution in [-0.2, 0) is 4.74 Å². The summed E-state index contributed by atoms with van der Waals surface area (Å²) in [5, 5.41) is 5.84. The Balaban J connectivity index is 3.06. The lowest BCUT2D eigenvalue weighted by atomic mass is 10.0. The molecule has 0 bridgehead atoms. The molecule has 1 atom stereocenters. The van der Waals surface area contributed by atoms with Crippen LogP contribution in [0.1, 0.15) is 71.9 Å². The number of hydrazone groups is 1. The Morgan fingerprint density at radius 1 is 1.19 bits per heavy atom. The van der Waals surface area contributed by atoms with Gasteiger partial charge in [0.2, 0.25) is 0 Å². The number of carbonyl (C=O) groups excluding carboxylic acids is 1. The first-order valence-corrected chi connectivity index (χ1v) is 9.32. The summed E-state index contributed by atoms with van der Waals surface area (Å²) in [6.07, 6.45) is 3.76. The van der Waals surface area contributed by atoms with E-state index in [9.17, 15) is 4.79 Å². The van der Waals surface area contributed by atoms with Crippen molar-refractivity contribution in [3.8, 4) is 0 Å². The minimum Gasteiger partial charge on any atom is -0.442 e. The van der Waals surface area contributed by atoms with Gasteiger partial charge in [0.25, 0.3) is 0 Å². The number of ether oxygens (including phenoxy) is 1. The predicted molar refractivity (Wildman–Crippen MR) is 110 cm³/mol. The van der Waals surface area contributed by atoms with E-state index in [0.29, 0.717) is 11.8 Å². The van der Waals surface area contributed by atoms with Gasteiger partial charge in [-0.2, -0.15) is 10.1 Å². The average Bonchev–Trinajstić information content (AvgIpc) is 2.52. The second-order valence-electron chi connectivity index (χ2n) is 8.32. The number of rotatable bonds is 7. The maximum Gasteiger partial charge on any atom is 0.431 e. The van der Waals surface area contributed by atoms with E-state index < -0.39 is 11.7 Å². The van der Waals surface area contributed by atoms with Crippen LogP contribution in [0.15, 0.2) is 42.0 Å². The standard InChI is InChI=1S/C22H34N2O2/c1-9-20(14-16(2)3)24(21(25)26-22(6,7)8)23-15-18-10-12-19(13-11-18)17(4)5/h9-13,15-17,20H,1,14H2,2-8H3/b23-15+. The van der Waals surface area contributed by atoms with Crippen molar-refractivity contribution in [1.29, 1.82) is 0 Å². The van der Waals surface area contributed by atoms with E-state index in [1.165, 1.54) is 10.6 Å². The van der Waals surface area contributed by atoms with Crippen molar-refractivity contribution in [2.75, 3.05) is 0 Å². The summed E-state index contributed by atoms with van der Waals surface area (Å²) in [6, 6.07) is 7.98. The number of nitrogens with zero attached hydrogens (tertiary/aromatic N) is 2. The highest BCUT2D eigenvalue weighted by atomic mass is 16.6. The summed E-state index contributed by atoms with van der Waals surface area (Å²) in [5.74, 6) is 0.888. The highest BCUT2D eigenvalue weighted by molar-refractivity contribution is 5.81. The molecule has 0 spiro atoms. The third-order valence-corrected chi connectivity index (χ3v) is 3.81. The first-order valence-electron chi connectivity index (χ1n) is 9.32. The smallest absolute Gasteiger partial charge is 0.431 e. The lowest BCUT2D eigenvalue weighted by Gasteiger charge is -2.29. The van der Waals surface area contributed by atoms with Gasteiger partial charge >= 0.3 is 6.09 Å². The van der Waals surface area contributed by atoms with Gasteiger partial charge in [0.15, 0.2) is 0 Å². The predicted octanol–water partition coefficient (Wildman–Crippen LogP) is 5.98. The minimum atomic E-state index is -0.576. The normalized spacial score (nSPS) is 13.3. The Bertz CT molecular complexity index is 610. The fraction of sp³-hybridized carbons (Fsp3) is 0.545. The van der Waals surface area contributed by atoms with Gasteiger partial charge in [0.1, 0.15) is 5.60 Å². The average molecular weight is 359 g/mol. The number of carbonyl (C=O) groups is 1. The lowest BCUT2D eigenvalue weighted by Crippen LogP contribution is -2.40. The van der Waals surface area contributed by atoms with Gasteiger partial charge in [-0.25, -0.2) is 4.79 Å². The van der Waals surface area contributed by atoms with Crippen LogP contribution in [0.5, 0.6) is 0 Å². The molecule has 26 heavy (non-hydrogen) atoms. The van der Waals surface area contributed by atoms with Gasteiger partial charge in [-0.15, -0.1) is 6.58 Å². The molecular weight excluding hydrogens is 324 g/mol. The summed E-state index contributed by atoms with van der Waals surface area (Å²) in [5.41, 5.74) is 1.64. The molecule has 144 valence electrons. The molecule has 1 amide bonds. The molecule has 0 aliphatic rings. The van der Waals surface area contributed by atoms with Crippen LogP contribution in [0.25, 0.3) is 0 Å². The van der Waals surface area contributed by atoms with Crippen LogP contribution in [0.3, 0.4) is 0 Å². The number of benzene rings is 1. The van der Waals surface area contributed by atoms with Crippen LogP contribution >= 0.6 is 0 Å². The molecule has 0 aliphatic carbocycles. The highest BCUT2D eigenvalue weighted by Gasteiger charge is 2.27. The maximum absolute atomic E-state index is 12.6. The van der Waals surface area contributed by atoms with E-state index in [1.807, 2.05) is 32.9 Å². The third-order valence-electron chi connectivity index (χ3n) is 3.81. The van der Waals surface area contributed by atoms with Crippen LogP contribution in [0, 0.1) is 5.92 Å². The van der Waals surface area contributed by atoms with Crippen molar-refractivity contribution in [3.05, 3.63) is 48.0 Å². The Morgan fingerprint density at radius 3 is 2.19 bits per heavy atom. The van der Waals surface area contributed by atoms with E-state index in [0.717, 1.165) is 12.0 Å². The summed E-state index contributed by atoms with van der Waals surface area (Å²) in [6.45, 7) is 18.0. The number of hydrogen-bond acceptors (Lipinski definition) is 3. The Hall–Kier alpha value is -2.10. The van der Waals surface area contributed by atoms with E-state index in [1.54, 1.807) is 12.3 Å². The summed E-state index contributed by atoms with van der Waals surface area (Å²) >= 11 is 0. The van der Waals surface area contributed by atoms with Crippen LogP contribution in [0.4, 0.5) is 4.79 Å². The Morgan fingerprint density at radius 2 is 1.77 bits per heavy atom. The number of amides is 1. The fourth-order valence-electron chi connectivity index (χ4n) is 2.45. The van der Waals surface area contributed by atoms with E-state index in [4.69, 9.17) is 4.74 Å². The summed E-state index contributed by atoms with van der Waals surface area (Å²) in [4.78, 5) is 12.6. The largest absolute Gasteiger partial charge is 0.442 e. The zero-order valence-electron chi connectivity index (χ0n) is 17.3. The summed E-state index contributed by atoms with van der Waals surface area (Å²) < 4.78 is 5.53.